The van der Waals surface area contributed by atoms with Gasteiger partial charge in [-0.05, 0) is 25.8 Å². The lowest BCUT2D eigenvalue weighted by molar-refractivity contribution is -0.123. The predicted molar refractivity (Wildman–Crippen MR) is 68.7 cm³/mol. The molecule has 0 spiro atoms. The van der Waals surface area contributed by atoms with Crippen molar-refractivity contribution in [3.05, 3.63) is 24.3 Å². The topological polar surface area (TPSA) is 66.9 Å². The van der Waals surface area contributed by atoms with Crippen molar-refractivity contribution in [2.75, 3.05) is 0 Å². The highest BCUT2D eigenvalue weighted by molar-refractivity contribution is 5.81. The van der Waals surface area contributed by atoms with Gasteiger partial charge in [0.05, 0.1) is 11.7 Å². The minimum Gasteiger partial charge on any atom is -0.352 e. The van der Waals surface area contributed by atoms with Crippen LogP contribution in [0.1, 0.15) is 38.3 Å². The Morgan fingerprint density at radius 1 is 1.50 bits per heavy atom. The molecule has 1 atom stereocenters. The molecule has 2 rings (SSSR count). The van der Waals surface area contributed by atoms with Gasteiger partial charge in [-0.1, -0.05) is 12.8 Å². The summed E-state index contributed by atoms with van der Waals surface area (Å²) in [7, 11) is 0. The van der Waals surface area contributed by atoms with Gasteiger partial charge < -0.3 is 10.6 Å². The van der Waals surface area contributed by atoms with Crippen molar-refractivity contribution < 1.29 is 4.79 Å². The molecule has 1 aromatic heterocycles. The fourth-order valence-corrected chi connectivity index (χ4v) is 2.17. The first-order valence-corrected chi connectivity index (χ1v) is 6.54. The van der Waals surface area contributed by atoms with E-state index in [1.165, 1.54) is 19.2 Å². The third kappa shape index (κ3) is 3.77. The number of hydrogen-bond donors (Lipinski definition) is 2. The van der Waals surface area contributed by atoms with Crippen molar-refractivity contribution in [1.29, 1.82) is 0 Å². The van der Waals surface area contributed by atoms with Gasteiger partial charge in [-0.3, -0.25) is 4.79 Å². The molecular formula is C13H20N4O. The first kappa shape index (κ1) is 13.0. The molecule has 0 aliphatic heterocycles. The summed E-state index contributed by atoms with van der Waals surface area (Å²) in [6, 6.07) is 2.02. The second-order valence-corrected chi connectivity index (χ2v) is 4.79. The van der Waals surface area contributed by atoms with Crippen LogP contribution in [0.25, 0.3) is 0 Å². The smallest absolute Gasteiger partial charge is 0.237 e. The number of nitrogens with zero attached hydrogens (tertiary/aromatic N) is 2. The van der Waals surface area contributed by atoms with E-state index < -0.39 is 0 Å². The van der Waals surface area contributed by atoms with E-state index in [1.54, 1.807) is 6.20 Å². The lowest BCUT2D eigenvalue weighted by Crippen LogP contribution is -2.45. The molecule has 5 heteroatoms. The fraction of sp³-hybridized carbons (Fsp3) is 0.615. The van der Waals surface area contributed by atoms with E-state index in [0.717, 1.165) is 18.5 Å². The molecule has 0 bridgehead atoms. The van der Waals surface area contributed by atoms with Gasteiger partial charge in [0.2, 0.25) is 5.91 Å². The number of rotatable bonds is 5. The number of aromatic nitrogens is 2. The monoisotopic (exact) mass is 248 g/mol. The molecule has 1 fully saturated rings. The van der Waals surface area contributed by atoms with Crippen molar-refractivity contribution in [3.63, 3.8) is 0 Å². The molecular weight excluding hydrogens is 228 g/mol. The highest BCUT2D eigenvalue weighted by Crippen LogP contribution is 2.17. The van der Waals surface area contributed by atoms with E-state index in [1.807, 2.05) is 13.0 Å². The Balaban J connectivity index is 1.73. The largest absolute Gasteiger partial charge is 0.352 e. The van der Waals surface area contributed by atoms with E-state index in [2.05, 4.69) is 20.6 Å². The summed E-state index contributed by atoms with van der Waals surface area (Å²) in [5, 5.41) is 6.25. The molecule has 1 saturated carbocycles. The first-order valence-electron chi connectivity index (χ1n) is 6.54. The Hall–Kier alpha value is -1.49. The molecule has 0 radical (unpaired) electrons. The van der Waals surface area contributed by atoms with Gasteiger partial charge in [-0.2, -0.15) is 0 Å². The zero-order chi connectivity index (χ0) is 12.8. The third-order valence-corrected chi connectivity index (χ3v) is 3.33. The van der Waals surface area contributed by atoms with E-state index >= 15 is 0 Å². The number of carbonyl (C=O) groups excluding carboxylic acids is 1. The Bertz CT molecular complexity index is 376. The zero-order valence-corrected chi connectivity index (χ0v) is 10.7. The maximum Gasteiger partial charge on any atom is 0.237 e. The normalized spacial score (nSPS) is 17.6. The number of nitrogens with one attached hydrogen (secondary N) is 2. The lowest BCUT2D eigenvalue weighted by Gasteiger charge is -2.17. The fourth-order valence-electron chi connectivity index (χ4n) is 2.17. The van der Waals surface area contributed by atoms with Crippen LogP contribution in [0.3, 0.4) is 0 Å². The van der Waals surface area contributed by atoms with Crippen molar-refractivity contribution in [2.24, 2.45) is 0 Å². The second kappa shape index (κ2) is 6.44. The SMILES string of the molecule is CC(NCc1ccncn1)C(=O)NC1CCCC1. The molecule has 1 amide bonds. The minimum absolute atomic E-state index is 0.0796. The van der Waals surface area contributed by atoms with Crippen LogP contribution in [0.4, 0.5) is 0 Å². The summed E-state index contributed by atoms with van der Waals surface area (Å²) in [5.41, 5.74) is 0.894. The zero-order valence-electron chi connectivity index (χ0n) is 10.7. The molecule has 5 nitrogen and oxygen atoms in total. The quantitative estimate of drug-likeness (QED) is 0.816. The maximum absolute atomic E-state index is 11.9. The molecule has 1 aliphatic rings. The molecule has 98 valence electrons. The highest BCUT2D eigenvalue weighted by Gasteiger charge is 2.20. The van der Waals surface area contributed by atoms with Crippen LogP contribution >= 0.6 is 0 Å². The van der Waals surface area contributed by atoms with E-state index in [-0.39, 0.29) is 11.9 Å². The molecule has 1 heterocycles. The summed E-state index contributed by atoms with van der Waals surface area (Å²) in [6.07, 6.45) is 7.91. The maximum atomic E-state index is 11.9. The van der Waals surface area contributed by atoms with Gasteiger partial charge in [0.1, 0.15) is 6.33 Å². The summed E-state index contributed by atoms with van der Waals surface area (Å²) in [4.78, 5) is 19.9. The van der Waals surface area contributed by atoms with E-state index in [0.29, 0.717) is 12.6 Å². The van der Waals surface area contributed by atoms with Gasteiger partial charge in [0, 0.05) is 18.8 Å². The van der Waals surface area contributed by atoms with Gasteiger partial charge in [0.25, 0.3) is 0 Å². The molecule has 18 heavy (non-hydrogen) atoms. The predicted octanol–water partition coefficient (Wildman–Crippen LogP) is 1.01. The summed E-state index contributed by atoms with van der Waals surface area (Å²) in [6.45, 7) is 2.47. The minimum atomic E-state index is -0.194. The summed E-state index contributed by atoms with van der Waals surface area (Å²) < 4.78 is 0. The van der Waals surface area contributed by atoms with Crippen LogP contribution in [-0.2, 0) is 11.3 Å². The average molecular weight is 248 g/mol. The number of carbonyl (C=O) groups is 1. The lowest BCUT2D eigenvalue weighted by atomic mass is 10.2. The van der Waals surface area contributed by atoms with Gasteiger partial charge in [-0.15, -0.1) is 0 Å². The Kier molecular flexibility index (Phi) is 4.64. The first-order chi connectivity index (χ1) is 8.75. The van der Waals surface area contributed by atoms with Crippen molar-refractivity contribution >= 4 is 5.91 Å². The third-order valence-electron chi connectivity index (χ3n) is 3.33. The van der Waals surface area contributed by atoms with Crippen LogP contribution in [0, 0.1) is 0 Å². The number of amides is 1. The average Bonchev–Trinajstić information content (AvgIpc) is 2.90. The molecule has 1 aliphatic carbocycles. The Morgan fingerprint density at radius 2 is 2.28 bits per heavy atom. The van der Waals surface area contributed by atoms with Gasteiger partial charge in [0.15, 0.2) is 0 Å². The van der Waals surface area contributed by atoms with E-state index in [9.17, 15) is 4.79 Å². The Morgan fingerprint density at radius 3 is 2.94 bits per heavy atom. The van der Waals surface area contributed by atoms with Crippen molar-refractivity contribution in [1.82, 2.24) is 20.6 Å². The van der Waals surface area contributed by atoms with Gasteiger partial charge >= 0.3 is 0 Å². The van der Waals surface area contributed by atoms with Crippen LogP contribution in [0.2, 0.25) is 0 Å². The van der Waals surface area contributed by atoms with Gasteiger partial charge in [-0.25, -0.2) is 9.97 Å². The molecule has 2 N–H and O–H groups in total. The Labute approximate surface area is 107 Å². The number of hydrogen-bond acceptors (Lipinski definition) is 4. The highest BCUT2D eigenvalue weighted by atomic mass is 16.2. The molecule has 0 saturated heterocycles. The van der Waals surface area contributed by atoms with Crippen LogP contribution < -0.4 is 10.6 Å². The molecule has 1 aromatic rings. The molecule has 0 aromatic carbocycles. The van der Waals surface area contributed by atoms with Crippen LogP contribution in [-0.4, -0.2) is 28.0 Å². The summed E-state index contributed by atoms with van der Waals surface area (Å²) >= 11 is 0. The summed E-state index contributed by atoms with van der Waals surface area (Å²) in [5.74, 6) is 0.0796. The van der Waals surface area contributed by atoms with Crippen molar-refractivity contribution in [2.45, 2.75) is 51.2 Å². The van der Waals surface area contributed by atoms with Crippen LogP contribution in [0.15, 0.2) is 18.6 Å². The van der Waals surface area contributed by atoms with E-state index in [4.69, 9.17) is 0 Å². The van der Waals surface area contributed by atoms with Crippen molar-refractivity contribution in [3.8, 4) is 0 Å². The molecule has 1 unspecified atom stereocenters. The second-order valence-electron chi connectivity index (χ2n) is 4.79. The standard InChI is InChI=1S/C13H20N4O/c1-10(13(18)17-11-4-2-3-5-11)15-8-12-6-7-14-9-16-12/h6-7,9-11,15H,2-5,8H2,1H3,(H,17,18). The van der Waals surface area contributed by atoms with Crippen LogP contribution in [0.5, 0.6) is 0 Å².